The zero-order valence-electron chi connectivity index (χ0n) is 16.0. The fraction of sp³-hybridized carbons (Fsp3) is 0.409. The smallest absolute Gasteiger partial charge is 0.224 e. The molecular formula is C22H27NO3. The topological polar surface area (TPSA) is 47.6 Å². The quantitative estimate of drug-likeness (QED) is 0.875. The van der Waals surface area contributed by atoms with E-state index in [4.69, 9.17) is 9.47 Å². The highest BCUT2D eigenvalue weighted by Crippen LogP contribution is 2.41. The molecule has 0 spiro atoms. The summed E-state index contributed by atoms with van der Waals surface area (Å²) < 4.78 is 11.4. The average molecular weight is 353 g/mol. The molecule has 0 aliphatic carbocycles. The van der Waals surface area contributed by atoms with Gasteiger partial charge in [-0.1, -0.05) is 31.2 Å². The molecule has 1 aliphatic rings. The van der Waals surface area contributed by atoms with Gasteiger partial charge in [-0.3, -0.25) is 4.79 Å². The van der Waals surface area contributed by atoms with Gasteiger partial charge in [-0.05, 0) is 49.6 Å². The minimum absolute atomic E-state index is 0.0192. The van der Waals surface area contributed by atoms with Crippen LogP contribution >= 0.6 is 0 Å². The van der Waals surface area contributed by atoms with Gasteiger partial charge < -0.3 is 14.8 Å². The van der Waals surface area contributed by atoms with E-state index >= 15 is 0 Å². The molecule has 0 fully saturated rings. The Balaban J connectivity index is 1.76. The Bertz CT molecular complexity index is 780. The lowest BCUT2D eigenvalue weighted by Crippen LogP contribution is -2.41. The van der Waals surface area contributed by atoms with Crippen molar-refractivity contribution in [2.24, 2.45) is 0 Å². The molecule has 3 rings (SSSR count). The van der Waals surface area contributed by atoms with Crippen LogP contribution in [0.2, 0.25) is 0 Å². The van der Waals surface area contributed by atoms with Crippen LogP contribution in [0.15, 0.2) is 42.5 Å². The summed E-state index contributed by atoms with van der Waals surface area (Å²) in [5.74, 6) is 1.59. The van der Waals surface area contributed by atoms with Crippen LogP contribution in [0.3, 0.4) is 0 Å². The van der Waals surface area contributed by atoms with Crippen molar-refractivity contribution >= 4 is 5.91 Å². The third-order valence-electron chi connectivity index (χ3n) is 4.81. The standard InChI is InChI=1S/C22H27NO3/c1-5-15-6-8-16(9-7-15)12-21(24)23-19-14-22(2,3)26-20-11-10-17(25-4)13-18(19)20/h6-11,13,19H,5,12,14H2,1-4H3,(H,23,24). The van der Waals surface area contributed by atoms with E-state index < -0.39 is 0 Å². The third kappa shape index (κ3) is 4.18. The second kappa shape index (κ2) is 7.40. The maximum Gasteiger partial charge on any atom is 0.224 e. The first-order valence-electron chi connectivity index (χ1n) is 9.14. The molecule has 1 N–H and O–H groups in total. The Hall–Kier alpha value is -2.49. The molecule has 0 bridgehead atoms. The predicted molar refractivity (Wildman–Crippen MR) is 103 cm³/mol. The first-order chi connectivity index (χ1) is 12.4. The lowest BCUT2D eigenvalue weighted by molar-refractivity contribution is -0.121. The summed E-state index contributed by atoms with van der Waals surface area (Å²) in [6, 6.07) is 13.9. The molecule has 2 aromatic carbocycles. The van der Waals surface area contributed by atoms with E-state index in [-0.39, 0.29) is 17.6 Å². The van der Waals surface area contributed by atoms with Gasteiger partial charge in [0.15, 0.2) is 0 Å². The van der Waals surface area contributed by atoms with E-state index in [1.54, 1.807) is 7.11 Å². The normalized spacial score (nSPS) is 17.8. The van der Waals surface area contributed by atoms with E-state index in [0.29, 0.717) is 12.8 Å². The van der Waals surface area contributed by atoms with Crippen molar-refractivity contribution in [2.45, 2.75) is 51.7 Å². The van der Waals surface area contributed by atoms with E-state index in [0.717, 1.165) is 29.0 Å². The number of rotatable bonds is 5. The zero-order valence-corrected chi connectivity index (χ0v) is 16.0. The van der Waals surface area contributed by atoms with Crippen molar-refractivity contribution in [1.82, 2.24) is 5.32 Å². The number of hydrogen-bond acceptors (Lipinski definition) is 3. The molecule has 4 nitrogen and oxygen atoms in total. The third-order valence-corrected chi connectivity index (χ3v) is 4.81. The lowest BCUT2D eigenvalue weighted by atomic mass is 9.89. The van der Waals surface area contributed by atoms with Gasteiger partial charge >= 0.3 is 0 Å². The molecule has 1 amide bonds. The maximum atomic E-state index is 12.6. The van der Waals surface area contributed by atoms with E-state index in [1.807, 2.05) is 44.2 Å². The van der Waals surface area contributed by atoms with Gasteiger partial charge in [0.2, 0.25) is 5.91 Å². The number of benzene rings is 2. The van der Waals surface area contributed by atoms with Crippen LogP contribution in [-0.4, -0.2) is 18.6 Å². The summed E-state index contributed by atoms with van der Waals surface area (Å²) in [4.78, 5) is 12.6. The van der Waals surface area contributed by atoms with E-state index in [2.05, 4.69) is 24.4 Å². The second-order valence-electron chi connectivity index (χ2n) is 7.44. The Morgan fingerprint density at radius 2 is 1.88 bits per heavy atom. The molecule has 4 heteroatoms. The first kappa shape index (κ1) is 18.3. The van der Waals surface area contributed by atoms with Gasteiger partial charge in [-0.25, -0.2) is 0 Å². The monoisotopic (exact) mass is 353 g/mol. The summed E-state index contributed by atoms with van der Waals surface area (Å²) in [7, 11) is 1.64. The maximum absolute atomic E-state index is 12.6. The van der Waals surface area contributed by atoms with Crippen LogP contribution in [-0.2, 0) is 17.6 Å². The summed E-state index contributed by atoms with van der Waals surface area (Å²) >= 11 is 0. The molecule has 2 aromatic rings. The summed E-state index contributed by atoms with van der Waals surface area (Å²) in [5.41, 5.74) is 2.94. The number of ether oxygens (including phenoxy) is 2. The van der Waals surface area contributed by atoms with Crippen LogP contribution < -0.4 is 14.8 Å². The number of carbonyl (C=O) groups is 1. The van der Waals surface area contributed by atoms with Crippen molar-refractivity contribution in [2.75, 3.05) is 7.11 Å². The van der Waals surface area contributed by atoms with Gasteiger partial charge in [0, 0.05) is 12.0 Å². The Kier molecular flexibility index (Phi) is 5.21. The molecule has 138 valence electrons. The molecular weight excluding hydrogens is 326 g/mol. The molecule has 1 atom stereocenters. The molecule has 0 radical (unpaired) electrons. The number of fused-ring (bicyclic) bond motifs is 1. The van der Waals surface area contributed by atoms with Crippen LogP contribution in [0.5, 0.6) is 11.5 Å². The zero-order chi connectivity index (χ0) is 18.7. The molecule has 26 heavy (non-hydrogen) atoms. The van der Waals surface area contributed by atoms with Crippen LogP contribution in [0.4, 0.5) is 0 Å². The number of amides is 1. The minimum Gasteiger partial charge on any atom is -0.497 e. The number of hydrogen-bond donors (Lipinski definition) is 1. The molecule has 0 aromatic heterocycles. The van der Waals surface area contributed by atoms with Gasteiger partial charge in [0.25, 0.3) is 0 Å². The molecule has 0 saturated carbocycles. The average Bonchev–Trinajstić information content (AvgIpc) is 2.61. The summed E-state index contributed by atoms with van der Waals surface area (Å²) in [6.07, 6.45) is 2.09. The van der Waals surface area contributed by atoms with Crippen molar-refractivity contribution in [1.29, 1.82) is 0 Å². The SMILES string of the molecule is CCc1ccc(CC(=O)NC2CC(C)(C)Oc3ccc(OC)cc32)cc1. The van der Waals surface area contributed by atoms with Gasteiger partial charge in [-0.2, -0.15) is 0 Å². The fourth-order valence-corrected chi connectivity index (χ4v) is 3.41. The van der Waals surface area contributed by atoms with Gasteiger partial charge in [0.1, 0.15) is 17.1 Å². The number of nitrogens with one attached hydrogen (secondary N) is 1. The molecule has 1 unspecified atom stereocenters. The fourth-order valence-electron chi connectivity index (χ4n) is 3.41. The van der Waals surface area contributed by atoms with Gasteiger partial charge in [0.05, 0.1) is 19.6 Å². The number of carbonyl (C=O) groups excluding carboxylic acids is 1. The lowest BCUT2D eigenvalue weighted by Gasteiger charge is -2.38. The van der Waals surface area contributed by atoms with Crippen LogP contribution in [0.25, 0.3) is 0 Å². The summed E-state index contributed by atoms with van der Waals surface area (Å²) in [5, 5.41) is 3.18. The number of methoxy groups -OCH3 is 1. The largest absolute Gasteiger partial charge is 0.497 e. The van der Waals surface area contributed by atoms with Crippen LogP contribution in [0.1, 0.15) is 49.9 Å². The van der Waals surface area contributed by atoms with Crippen molar-refractivity contribution in [3.8, 4) is 11.5 Å². The Labute approximate surface area is 155 Å². The molecule has 1 aliphatic heterocycles. The highest BCUT2D eigenvalue weighted by atomic mass is 16.5. The summed E-state index contributed by atoms with van der Waals surface area (Å²) in [6.45, 7) is 6.21. The number of aryl methyl sites for hydroxylation is 1. The Morgan fingerprint density at radius 3 is 2.54 bits per heavy atom. The van der Waals surface area contributed by atoms with Crippen molar-refractivity contribution < 1.29 is 14.3 Å². The van der Waals surface area contributed by atoms with Crippen molar-refractivity contribution in [3.05, 3.63) is 59.2 Å². The Morgan fingerprint density at radius 1 is 1.19 bits per heavy atom. The molecule has 0 saturated heterocycles. The van der Waals surface area contributed by atoms with Crippen molar-refractivity contribution in [3.63, 3.8) is 0 Å². The second-order valence-corrected chi connectivity index (χ2v) is 7.44. The predicted octanol–water partition coefficient (Wildman–Crippen LogP) is 4.22. The van der Waals surface area contributed by atoms with E-state index in [1.165, 1.54) is 5.56 Å². The first-order valence-corrected chi connectivity index (χ1v) is 9.14. The minimum atomic E-state index is -0.331. The van der Waals surface area contributed by atoms with Gasteiger partial charge in [-0.15, -0.1) is 0 Å². The molecule has 1 heterocycles. The van der Waals surface area contributed by atoms with Crippen LogP contribution in [0, 0.1) is 0 Å². The highest BCUT2D eigenvalue weighted by Gasteiger charge is 2.34. The van der Waals surface area contributed by atoms with E-state index in [9.17, 15) is 4.79 Å². The highest BCUT2D eigenvalue weighted by molar-refractivity contribution is 5.79.